The zero-order chi connectivity index (χ0) is 14.5. The molecule has 110 valence electrons. The molecule has 1 saturated carbocycles. The van der Waals surface area contributed by atoms with E-state index in [-0.39, 0.29) is 6.10 Å². The van der Waals surface area contributed by atoms with Crippen molar-refractivity contribution in [1.82, 2.24) is 0 Å². The van der Waals surface area contributed by atoms with Crippen molar-refractivity contribution < 1.29 is 14.6 Å². The smallest absolute Gasteiger partial charge is 0.303 e. The van der Waals surface area contributed by atoms with Crippen LogP contribution >= 0.6 is 0 Å². The summed E-state index contributed by atoms with van der Waals surface area (Å²) in [5.41, 5.74) is 1.32. The molecule has 20 heavy (non-hydrogen) atoms. The first-order valence-corrected chi connectivity index (χ1v) is 7.53. The molecule has 0 amide bonds. The molecule has 0 radical (unpaired) electrons. The Hall–Kier alpha value is -1.51. The highest BCUT2D eigenvalue weighted by Crippen LogP contribution is 2.38. The number of hydrogen-bond donors (Lipinski definition) is 1. The second-order valence-corrected chi connectivity index (χ2v) is 6.06. The molecule has 0 bridgehead atoms. The van der Waals surface area contributed by atoms with Crippen LogP contribution in [0.2, 0.25) is 0 Å². The summed E-state index contributed by atoms with van der Waals surface area (Å²) < 4.78 is 5.65. The summed E-state index contributed by atoms with van der Waals surface area (Å²) in [4.78, 5) is 10.8. The van der Waals surface area contributed by atoms with E-state index in [9.17, 15) is 4.79 Å². The Kier molecular flexibility index (Phi) is 5.05. The van der Waals surface area contributed by atoms with E-state index < -0.39 is 5.97 Å². The normalized spacial score (nSPS) is 22.8. The Morgan fingerprint density at radius 2 is 2.00 bits per heavy atom. The minimum absolute atomic E-state index is 0.190. The summed E-state index contributed by atoms with van der Waals surface area (Å²) in [5.74, 6) is 1.07. The van der Waals surface area contributed by atoms with Gasteiger partial charge in [-0.15, -0.1) is 0 Å². The van der Waals surface area contributed by atoms with Gasteiger partial charge in [-0.25, -0.2) is 0 Å². The van der Waals surface area contributed by atoms with E-state index in [0.717, 1.165) is 25.0 Å². The molecular formula is C17H24O3. The van der Waals surface area contributed by atoms with Crippen LogP contribution in [0.4, 0.5) is 0 Å². The van der Waals surface area contributed by atoms with Gasteiger partial charge in [0.1, 0.15) is 5.75 Å². The number of aliphatic carboxylic acids is 1. The van der Waals surface area contributed by atoms with Crippen molar-refractivity contribution >= 4 is 5.97 Å². The number of benzene rings is 1. The average molecular weight is 276 g/mol. The lowest BCUT2D eigenvalue weighted by Crippen LogP contribution is -2.17. The van der Waals surface area contributed by atoms with E-state index in [0.29, 0.717) is 18.3 Å². The van der Waals surface area contributed by atoms with Gasteiger partial charge in [-0.05, 0) is 62.6 Å². The third kappa shape index (κ3) is 4.26. The third-order valence-electron chi connectivity index (χ3n) is 3.97. The highest BCUT2D eigenvalue weighted by atomic mass is 16.5. The van der Waals surface area contributed by atoms with Crippen molar-refractivity contribution in [2.24, 2.45) is 5.92 Å². The number of hydrogen-bond acceptors (Lipinski definition) is 2. The van der Waals surface area contributed by atoms with Gasteiger partial charge in [0.15, 0.2) is 0 Å². The number of ether oxygens (including phenoxy) is 1. The molecule has 1 fully saturated rings. The van der Waals surface area contributed by atoms with Crippen LogP contribution in [-0.4, -0.2) is 17.2 Å². The molecule has 1 N–H and O–H groups in total. The molecule has 1 aliphatic rings. The number of carbonyl (C=O) groups is 1. The molecule has 2 rings (SSSR count). The molecule has 1 aromatic rings. The fraction of sp³-hybridized carbons (Fsp3) is 0.588. The summed E-state index contributed by atoms with van der Waals surface area (Å²) in [6.45, 7) is 4.04. The van der Waals surface area contributed by atoms with Crippen molar-refractivity contribution in [2.75, 3.05) is 0 Å². The zero-order valence-corrected chi connectivity index (χ0v) is 12.3. The molecule has 3 heteroatoms. The summed E-state index contributed by atoms with van der Waals surface area (Å²) >= 11 is 0. The van der Waals surface area contributed by atoms with Crippen molar-refractivity contribution in [3.05, 3.63) is 29.8 Å². The van der Waals surface area contributed by atoms with Crippen LogP contribution in [0, 0.1) is 5.92 Å². The van der Waals surface area contributed by atoms with Gasteiger partial charge in [-0.3, -0.25) is 4.79 Å². The average Bonchev–Trinajstić information content (AvgIpc) is 2.38. The lowest BCUT2D eigenvalue weighted by molar-refractivity contribution is -0.138. The number of rotatable bonds is 5. The minimum Gasteiger partial charge on any atom is -0.491 e. The molecule has 3 nitrogen and oxygen atoms in total. The van der Waals surface area contributed by atoms with Crippen LogP contribution in [0.25, 0.3) is 0 Å². The summed E-state index contributed by atoms with van der Waals surface area (Å²) in [6, 6.07) is 8.31. The maximum Gasteiger partial charge on any atom is 0.303 e. The predicted octanol–water partition coefficient (Wildman–Crippen LogP) is 4.22. The largest absolute Gasteiger partial charge is 0.491 e. The zero-order valence-electron chi connectivity index (χ0n) is 12.3. The number of carboxylic acids is 1. The van der Waals surface area contributed by atoms with Gasteiger partial charge in [-0.2, -0.15) is 0 Å². The summed E-state index contributed by atoms with van der Waals surface area (Å²) in [7, 11) is 0. The third-order valence-corrected chi connectivity index (χ3v) is 3.97. The molecule has 1 aliphatic carbocycles. The Balaban J connectivity index is 1.98. The van der Waals surface area contributed by atoms with E-state index >= 15 is 0 Å². The van der Waals surface area contributed by atoms with Gasteiger partial charge in [0, 0.05) is 6.42 Å². The van der Waals surface area contributed by atoms with Crippen molar-refractivity contribution in [2.45, 2.75) is 58.0 Å². The van der Waals surface area contributed by atoms with E-state index in [1.165, 1.54) is 12.0 Å². The molecule has 0 spiro atoms. The molecule has 0 heterocycles. The lowest BCUT2D eigenvalue weighted by atomic mass is 9.77. The van der Waals surface area contributed by atoms with Gasteiger partial charge in [0.05, 0.1) is 6.10 Å². The van der Waals surface area contributed by atoms with Gasteiger partial charge in [0.25, 0.3) is 0 Å². The van der Waals surface area contributed by atoms with Crippen molar-refractivity contribution in [1.29, 1.82) is 0 Å². The molecule has 1 aromatic carbocycles. The Bertz CT molecular complexity index is 436. The summed E-state index contributed by atoms with van der Waals surface area (Å²) in [5, 5.41) is 8.93. The quantitative estimate of drug-likeness (QED) is 0.875. The molecule has 0 saturated heterocycles. The van der Waals surface area contributed by atoms with Gasteiger partial charge in [0.2, 0.25) is 0 Å². The van der Waals surface area contributed by atoms with Crippen LogP contribution < -0.4 is 4.74 Å². The molecular weight excluding hydrogens is 252 g/mol. The van der Waals surface area contributed by atoms with E-state index in [1.807, 2.05) is 26.0 Å². The fourth-order valence-electron chi connectivity index (χ4n) is 3.12. The van der Waals surface area contributed by atoms with Gasteiger partial charge < -0.3 is 9.84 Å². The van der Waals surface area contributed by atoms with E-state index in [4.69, 9.17) is 9.84 Å². The van der Waals surface area contributed by atoms with Crippen molar-refractivity contribution in [3.63, 3.8) is 0 Å². The first kappa shape index (κ1) is 14.9. The first-order valence-electron chi connectivity index (χ1n) is 7.53. The monoisotopic (exact) mass is 276 g/mol. The SMILES string of the molecule is CC(C)Oc1ccc([C@@H]2CCC[C@@H](CC(=O)O)C2)cc1. The molecule has 0 aliphatic heterocycles. The van der Waals surface area contributed by atoms with Gasteiger partial charge >= 0.3 is 5.97 Å². The van der Waals surface area contributed by atoms with E-state index in [2.05, 4.69) is 12.1 Å². The second kappa shape index (κ2) is 6.78. The lowest BCUT2D eigenvalue weighted by Gasteiger charge is -2.28. The molecule has 0 aromatic heterocycles. The van der Waals surface area contributed by atoms with Crippen molar-refractivity contribution in [3.8, 4) is 5.75 Å². The maximum atomic E-state index is 10.8. The molecule has 0 unspecified atom stereocenters. The topological polar surface area (TPSA) is 46.5 Å². The minimum atomic E-state index is -0.670. The summed E-state index contributed by atoms with van der Waals surface area (Å²) in [6.07, 6.45) is 4.85. The van der Waals surface area contributed by atoms with E-state index in [1.54, 1.807) is 0 Å². The fourth-order valence-corrected chi connectivity index (χ4v) is 3.12. The van der Waals surface area contributed by atoms with Crippen LogP contribution in [-0.2, 0) is 4.79 Å². The highest BCUT2D eigenvalue weighted by Gasteiger charge is 2.24. The number of carboxylic acid groups (broad SMARTS) is 1. The Morgan fingerprint density at radius 1 is 1.30 bits per heavy atom. The second-order valence-electron chi connectivity index (χ2n) is 6.06. The Morgan fingerprint density at radius 3 is 2.60 bits per heavy atom. The van der Waals surface area contributed by atoms with Gasteiger partial charge in [-0.1, -0.05) is 18.6 Å². The van der Waals surface area contributed by atoms with Crippen LogP contribution in [0.3, 0.4) is 0 Å². The Labute approximate surface area is 121 Å². The van der Waals surface area contributed by atoms with Crippen LogP contribution in [0.5, 0.6) is 5.75 Å². The molecule has 2 atom stereocenters. The maximum absolute atomic E-state index is 10.8. The first-order chi connectivity index (χ1) is 9.54. The van der Waals surface area contributed by atoms with Crippen LogP contribution in [0.1, 0.15) is 57.4 Å². The predicted molar refractivity (Wildman–Crippen MR) is 79.2 cm³/mol. The standard InChI is InChI=1S/C17H24O3/c1-12(2)20-16-8-6-14(7-9-16)15-5-3-4-13(10-15)11-17(18)19/h6-9,12-13,15H,3-5,10-11H2,1-2H3,(H,18,19)/t13-,15-/m1/s1. The highest BCUT2D eigenvalue weighted by molar-refractivity contribution is 5.67. The van der Waals surface area contributed by atoms with Crippen LogP contribution in [0.15, 0.2) is 24.3 Å².